The number of aromatic nitrogens is 1. The van der Waals surface area contributed by atoms with E-state index in [4.69, 9.17) is 0 Å². The van der Waals surface area contributed by atoms with E-state index in [0.29, 0.717) is 4.90 Å². The van der Waals surface area contributed by atoms with E-state index in [0.717, 1.165) is 39.7 Å². The number of nitrogens with zero attached hydrogens (tertiary/aromatic N) is 2. The van der Waals surface area contributed by atoms with E-state index in [-0.39, 0.29) is 17.2 Å². The molecular weight excluding hydrogens is 406 g/mol. The summed E-state index contributed by atoms with van der Waals surface area (Å²) >= 11 is 2.67. The quantitative estimate of drug-likeness (QED) is 0.375. The summed E-state index contributed by atoms with van der Waals surface area (Å²) in [5, 5.41) is 16.4. The molecule has 0 fully saturated rings. The molecular formula is C21H21N3O3S2. The second kappa shape index (κ2) is 9.19. The third-order valence-corrected chi connectivity index (χ3v) is 6.57. The van der Waals surface area contributed by atoms with Crippen molar-refractivity contribution >= 4 is 40.4 Å². The van der Waals surface area contributed by atoms with Crippen LogP contribution in [-0.2, 0) is 12.8 Å². The minimum absolute atomic E-state index is 0.102. The molecule has 1 N–H and O–H groups in total. The third-order valence-electron chi connectivity index (χ3n) is 4.45. The number of rotatable bonds is 7. The first-order valence-corrected chi connectivity index (χ1v) is 10.9. The molecule has 0 saturated heterocycles. The number of nitro benzene ring substituents is 1. The van der Waals surface area contributed by atoms with Crippen molar-refractivity contribution in [3.05, 3.63) is 74.3 Å². The maximum atomic E-state index is 12.8. The number of thiazole rings is 1. The molecule has 0 aliphatic rings. The van der Waals surface area contributed by atoms with Gasteiger partial charge in [-0.15, -0.1) is 11.3 Å². The van der Waals surface area contributed by atoms with Crippen LogP contribution in [0, 0.1) is 17.0 Å². The van der Waals surface area contributed by atoms with Crippen molar-refractivity contribution in [2.24, 2.45) is 0 Å². The van der Waals surface area contributed by atoms with Gasteiger partial charge in [-0.25, -0.2) is 4.98 Å². The predicted octanol–water partition coefficient (Wildman–Crippen LogP) is 5.89. The summed E-state index contributed by atoms with van der Waals surface area (Å²) < 4.78 is 0.729. The molecule has 0 bridgehead atoms. The smallest absolute Gasteiger partial charge is 0.284 e. The molecule has 0 aliphatic heterocycles. The molecule has 150 valence electrons. The molecule has 1 amide bonds. The summed E-state index contributed by atoms with van der Waals surface area (Å²) in [5.74, 6) is -0.356. The zero-order valence-corrected chi connectivity index (χ0v) is 18.0. The van der Waals surface area contributed by atoms with E-state index in [9.17, 15) is 14.9 Å². The summed E-state index contributed by atoms with van der Waals surface area (Å²) in [4.78, 5) is 28.8. The van der Waals surface area contributed by atoms with Crippen LogP contribution in [0.1, 0.15) is 41.0 Å². The number of aryl methyl sites for hydroxylation is 3. The number of para-hydroxylation sites is 1. The molecule has 0 saturated carbocycles. The number of amides is 1. The normalized spacial score (nSPS) is 10.7. The Morgan fingerprint density at radius 3 is 2.45 bits per heavy atom. The molecule has 3 rings (SSSR count). The molecule has 3 aromatic rings. The Morgan fingerprint density at radius 1 is 1.21 bits per heavy atom. The summed E-state index contributed by atoms with van der Waals surface area (Å²) in [6.07, 6.45) is 1.57. The number of benzene rings is 2. The van der Waals surface area contributed by atoms with Crippen LogP contribution in [0.15, 0.2) is 51.0 Å². The first kappa shape index (κ1) is 21.0. The van der Waals surface area contributed by atoms with Gasteiger partial charge in [-0.05, 0) is 43.0 Å². The Labute approximate surface area is 177 Å². The van der Waals surface area contributed by atoms with Crippen molar-refractivity contribution in [2.75, 3.05) is 5.32 Å². The Morgan fingerprint density at radius 2 is 1.90 bits per heavy atom. The van der Waals surface area contributed by atoms with Crippen LogP contribution in [-0.4, -0.2) is 15.8 Å². The first-order valence-electron chi connectivity index (χ1n) is 9.23. The number of hydrogen-bond acceptors (Lipinski definition) is 6. The summed E-state index contributed by atoms with van der Waals surface area (Å²) in [5.41, 5.74) is 3.90. The molecule has 2 aromatic carbocycles. The largest absolute Gasteiger partial charge is 0.321 e. The molecule has 0 radical (unpaired) electrons. The van der Waals surface area contributed by atoms with Crippen LogP contribution < -0.4 is 5.32 Å². The highest BCUT2D eigenvalue weighted by molar-refractivity contribution is 8.01. The Bertz CT molecular complexity index is 1040. The number of carbonyl (C=O) groups is 1. The third kappa shape index (κ3) is 4.83. The highest BCUT2D eigenvalue weighted by Crippen LogP contribution is 2.37. The van der Waals surface area contributed by atoms with E-state index in [1.54, 1.807) is 12.1 Å². The van der Waals surface area contributed by atoms with Gasteiger partial charge < -0.3 is 5.32 Å². The molecule has 1 aromatic heterocycles. The van der Waals surface area contributed by atoms with Crippen molar-refractivity contribution in [3.63, 3.8) is 0 Å². The fraction of sp³-hybridized carbons (Fsp3) is 0.238. The highest BCUT2D eigenvalue weighted by Gasteiger charge is 2.20. The number of carbonyl (C=O) groups excluding carboxylic acids is 1. The monoisotopic (exact) mass is 427 g/mol. The van der Waals surface area contributed by atoms with Gasteiger partial charge in [0.25, 0.3) is 11.6 Å². The Kier molecular flexibility index (Phi) is 6.66. The zero-order valence-electron chi connectivity index (χ0n) is 16.4. The van der Waals surface area contributed by atoms with E-state index in [1.807, 2.05) is 44.4 Å². The minimum atomic E-state index is -0.461. The number of anilines is 1. The van der Waals surface area contributed by atoms with Crippen LogP contribution in [0.2, 0.25) is 0 Å². The van der Waals surface area contributed by atoms with Crippen LogP contribution in [0.4, 0.5) is 11.4 Å². The highest BCUT2D eigenvalue weighted by atomic mass is 32.2. The van der Waals surface area contributed by atoms with Gasteiger partial charge in [0.1, 0.15) is 0 Å². The van der Waals surface area contributed by atoms with E-state index < -0.39 is 4.92 Å². The van der Waals surface area contributed by atoms with E-state index >= 15 is 0 Å². The van der Waals surface area contributed by atoms with Crippen molar-refractivity contribution in [1.82, 2.24) is 4.98 Å². The van der Waals surface area contributed by atoms with Crippen LogP contribution in [0.25, 0.3) is 0 Å². The second-order valence-electron chi connectivity index (χ2n) is 6.41. The van der Waals surface area contributed by atoms with Crippen molar-refractivity contribution in [1.29, 1.82) is 0 Å². The van der Waals surface area contributed by atoms with Gasteiger partial charge in [0.2, 0.25) is 0 Å². The molecule has 0 atom stereocenters. The minimum Gasteiger partial charge on any atom is -0.321 e. The van der Waals surface area contributed by atoms with Crippen molar-refractivity contribution in [2.45, 2.75) is 42.8 Å². The van der Waals surface area contributed by atoms with Gasteiger partial charge in [-0.1, -0.05) is 43.8 Å². The lowest BCUT2D eigenvalue weighted by Gasteiger charge is -2.14. The second-order valence-corrected chi connectivity index (χ2v) is 8.56. The maximum absolute atomic E-state index is 12.8. The van der Waals surface area contributed by atoms with Gasteiger partial charge in [0, 0.05) is 28.4 Å². The van der Waals surface area contributed by atoms with Gasteiger partial charge in [-0.3, -0.25) is 14.9 Å². The lowest BCUT2D eigenvalue weighted by Crippen LogP contribution is -2.15. The molecule has 29 heavy (non-hydrogen) atoms. The number of nitro groups is 1. The predicted molar refractivity (Wildman–Crippen MR) is 117 cm³/mol. The van der Waals surface area contributed by atoms with Crippen LogP contribution >= 0.6 is 23.1 Å². The van der Waals surface area contributed by atoms with Gasteiger partial charge >= 0.3 is 0 Å². The average Bonchev–Trinajstić information content (AvgIpc) is 3.12. The molecule has 8 heteroatoms. The lowest BCUT2D eigenvalue weighted by molar-refractivity contribution is -0.387. The topological polar surface area (TPSA) is 85.1 Å². The van der Waals surface area contributed by atoms with Gasteiger partial charge in [-0.2, -0.15) is 0 Å². The maximum Gasteiger partial charge on any atom is 0.284 e. The number of hydrogen-bond donors (Lipinski definition) is 1. The van der Waals surface area contributed by atoms with E-state index in [1.165, 1.54) is 29.2 Å². The fourth-order valence-corrected chi connectivity index (χ4v) is 4.83. The summed E-state index contributed by atoms with van der Waals surface area (Å²) in [7, 11) is 0. The van der Waals surface area contributed by atoms with Crippen molar-refractivity contribution in [3.8, 4) is 0 Å². The average molecular weight is 428 g/mol. The molecule has 6 nitrogen and oxygen atoms in total. The molecule has 1 heterocycles. The zero-order chi connectivity index (χ0) is 21.0. The summed E-state index contributed by atoms with van der Waals surface area (Å²) in [6.45, 7) is 5.93. The molecule has 0 unspecified atom stereocenters. The fourth-order valence-electron chi connectivity index (χ4n) is 2.95. The van der Waals surface area contributed by atoms with E-state index in [2.05, 4.69) is 10.3 Å². The lowest BCUT2D eigenvalue weighted by atomic mass is 10.0. The molecule has 0 aliphatic carbocycles. The summed E-state index contributed by atoms with van der Waals surface area (Å²) in [6, 6.07) is 10.5. The molecule has 0 spiro atoms. The first-order chi connectivity index (χ1) is 13.9. The van der Waals surface area contributed by atoms with Crippen LogP contribution in [0.5, 0.6) is 0 Å². The van der Waals surface area contributed by atoms with Gasteiger partial charge in [0.05, 0.1) is 9.82 Å². The van der Waals surface area contributed by atoms with Crippen LogP contribution in [0.3, 0.4) is 0 Å². The van der Waals surface area contributed by atoms with Gasteiger partial charge in [0.15, 0.2) is 4.34 Å². The Hall–Kier alpha value is -2.71. The SMILES string of the molecule is CCc1cccc(CC)c1NC(=O)c1ccc(Sc2nc(C)cs2)c([N+](=O)[O-])c1. The Balaban J connectivity index is 1.90. The standard InChI is InChI=1S/C21H21N3O3S2/c1-4-14-7-6-8-15(5-2)19(14)23-20(25)16-9-10-18(17(11-16)24(26)27)29-21-22-13(3)12-28-21/h6-12H,4-5H2,1-3H3,(H,23,25). The van der Waals surface area contributed by atoms with Crippen molar-refractivity contribution < 1.29 is 9.72 Å². The number of nitrogens with one attached hydrogen (secondary N) is 1.